The van der Waals surface area contributed by atoms with E-state index in [1.54, 1.807) is 12.1 Å². The molecule has 0 unspecified atom stereocenters. The minimum Gasteiger partial charge on any atom is -0.496 e. The highest BCUT2D eigenvalue weighted by molar-refractivity contribution is 5.71. The number of benzene rings is 1. The Kier molecular flexibility index (Phi) is 3.78. The molecule has 0 saturated heterocycles. The molecule has 1 saturated carbocycles. The lowest BCUT2D eigenvalue weighted by Crippen LogP contribution is -2.46. The van der Waals surface area contributed by atoms with E-state index in [0.29, 0.717) is 24.3 Å². The molecule has 7 nitrogen and oxygen atoms in total. The number of carboxylic acid groups (broad SMARTS) is 1. The quantitative estimate of drug-likeness (QED) is 0.613. The maximum atomic E-state index is 11.1. The first-order valence-corrected chi connectivity index (χ1v) is 6.28. The zero-order valence-corrected chi connectivity index (χ0v) is 11.1. The molecule has 1 aromatic rings. The van der Waals surface area contributed by atoms with Gasteiger partial charge in [0.1, 0.15) is 11.4 Å². The van der Waals surface area contributed by atoms with Gasteiger partial charge in [-0.2, -0.15) is 0 Å². The molecule has 7 heteroatoms. The van der Waals surface area contributed by atoms with Gasteiger partial charge in [0.15, 0.2) is 0 Å². The van der Waals surface area contributed by atoms with E-state index in [-0.39, 0.29) is 12.1 Å². The van der Waals surface area contributed by atoms with Crippen LogP contribution in [0, 0.1) is 10.1 Å². The van der Waals surface area contributed by atoms with Crippen LogP contribution < -0.4 is 10.1 Å². The van der Waals surface area contributed by atoms with E-state index in [9.17, 15) is 14.9 Å². The third kappa shape index (κ3) is 2.81. The second-order valence-corrected chi connectivity index (χ2v) is 4.97. The third-order valence-electron chi connectivity index (χ3n) is 3.60. The molecule has 0 aliphatic heterocycles. The van der Waals surface area contributed by atoms with Crippen LogP contribution in [0.2, 0.25) is 0 Å². The van der Waals surface area contributed by atoms with E-state index in [2.05, 4.69) is 5.32 Å². The van der Waals surface area contributed by atoms with Gasteiger partial charge in [0.25, 0.3) is 5.69 Å². The molecule has 0 heterocycles. The molecule has 2 N–H and O–H groups in total. The van der Waals surface area contributed by atoms with Crippen LogP contribution in [0.1, 0.15) is 25.7 Å². The number of rotatable bonds is 6. The Bertz CT molecular complexity index is 540. The minimum atomic E-state index is -0.909. The number of nitrogens with zero attached hydrogens (tertiary/aromatic N) is 1. The number of nitro groups is 1. The van der Waals surface area contributed by atoms with Crippen molar-refractivity contribution in [3.8, 4) is 5.75 Å². The summed E-state index contributed by atoms with van der Waals surface area (Å²) in [5.41, 5.74) is -0.358. The first-order chi connectivity index (χ1) is 9.46. The predicted octanol–water partition coefficient (Wildman–Crippen LogP) is 2.41. The van der Waals surface area contributed by atoms with Crippen molar-refractivity contribution in [2.75, 3.05) is 12.4 Å². The Labute approximate surface area is 115 Å². The van der Waals surface area contributed by atoms with Gasteiger partial charge in [0.2, 0.25) is 0 Å². The lowest BCUT2D eigenvalue weighted by Gasteiger charge is -2.42. The Hall–Kier alpha value is -2.31. The summed E-state index contributed by atoms with van der Waals surface area (Å²) in [6, 6.07) is 4.50. The molecule has 1 aliphatic rings. The predicted molar refractivity (Wildman–Crippen MR) is 72.1 cm³/mol. The maximum absolute atomic E-state index is 11.1. The normalized spacial score (nSPS) is 16.1. The monoisotopic (exact) mass is 280 g/mol. The average Bonchev–Trinajstić information content (AvgIpc) is 2.35. The van der Waals surface area contributed by atoms with E-state index < -0.39 is 16.4 Å². The number of methoxy groups -OCH3 is 1. The molecule has 1 aromatic carbocycles. The number of hydrogen-bond donors (Lipinski definition) is 2. The summed E-state index contributed by atoms with van der Waals surface area (Å²) in [7, 11) is 1.43. The summed E-state index contributed by atoms with van der Waals surface area (Å²) < 4.78 is 4.97. The fourth-order valence-electron chi connectivity index (χ4n) is 2.42. The fraction of sp³-hybridized carbons (Fsp3) is 0.462. The molecule has 0 amide bonds. The van der Waals surface area contributed by atoms with Crippen LogP contribution in [0.25, 0.3) is 0 Å². The minimum absolute atomic E-state index is 0.0455. The molecule has 2 rings (SSSR count). The van der Waals surface area contributed by atoms with Crippen LogP contribution in [-0.2, 0) is 4.79 Å². The van der Waals surface area contributed by atoms with Gasteiger partial charge in [0, 0.05) is 5.54 Å². The fourth-order valence-corrected chi connectivity index (χ4v) is 2.42. The Morgan fingerprint density at radius 3 is 2.70 bits per heavy atom. The van der Waals surface area contributed by atoms with Crippen molar-refractivity contribution in [3.63, 3.8) is 0 Å². The summed E-state index contributed by atoms with van der Waals surface area (Å²) in [5.74, 6) is -0.517. The number of nitrogens with one attached hydrogen (secondary N) is 1. The Balaban J connectivity index is 2.28. The average molecular weight is 280 g/mol. The molecule has 1 fully saturated rings. The van der Waals surface area contributed by atoms with Crippen molar-refractivity contribution in [1.82, 2.24) is 0 Å². The zero-order chi connectivity index (χ0) is 14.8. The van der Waals surface area contributed by atoms with Crippen molar-refractivity contribution in [3.05, 3.63) is 28.3 Å². The molecule has 0 radical (unpaired) electrons. The number of ether oxygens (including phenoxy) is 1. The van der Waals surface area contributed by atoms with Gasteiger partial charge in [-0.3, -0.25) is 14.9 Å². The van der Waals surface area contributed by atoms with E-state index >= 15 is 0 Å². The molecule has 0 spiro atoms. The van der Waals surface area contributed by atoms with Crippen LogP contribution in [0.5, 0.6) is 5.75 Å². The lowest BCUT2D eigenvalue weighted by molar-refractivity contribution is -0.384. The SMILES string of the molecule is COc1ccc(NC2(CC(=O)O)CCC2)c([N+](=O)[O-])c1. The summed E-state index contributed by atoms with van der Waals surface area (Å²) in [4.78, 5) is 21.5. The molecule has 0 atom stereocenters. The highest BCUT2D eigenvalue weighted by atomic mass is 16.6. The number of aliphatic carboxylic acids is 1. The lowest BCUT2D eigenvalue weighted by atomic mass is 9.74. The van der Waals surface area contributed by atoms with Crippen LogP contribution in [0.15, 0.2) is 18.2 Å². The first-order valence-electron chi connectivity index (χ1n) is 6.28. The number of anilines is 1. The molecule has 0 bridgehead atoms. The van der Waals surface area contributed by atoms with Crippen molar-refractivity contribution in [1.29, 1.82) is 0 Å². The van der Waals surface area contributed by atoms with Gasteiger partial charge >= 0.3 is 5.97 Å². The Morgan fingerprint density at radius 1 is 1.55 bits per heavy atom. The number of hydrogen-bond acceptors (Lipinski definition) is 5. The summed E-state index contributed by atoms with van der Waals surface area (Å²) >= 11 is 0. The van der Waals surface area contributed by atoms with E-state index in [0.717, 1.165) is 6.42 Å². The highest BCUT2D eigenvalue weighted by Crippen LogP contribution is 2.41. The van der Waals surface area contributed by atoms with Crippen LogP contribution in [-0.4, -0.2) is 28.6 Å². The topological polar surface area (TPSA) is 102 Å². The molecular weight excluding hydrogens is 264 g/mol. The summed E-state index contributed by atoms with van der Waals surface area (Å²) in [5, 5.41) is 23.1. The van der Waals surface area contributed by atoms with Gasteiger partial charge in [0.05, 0.1) is 24.5 Å². The van der Waals surface area contributed by atoms with Gasteiger partial charge in [-0.15, -0.1) is 0 Å². The standard InChI is InChI=1S/C13H16N2O5/c1-20-9-3-4-10(11(7-9)15(18)19)14-13(5-2-6-13)8-12(16)17/h3-4,7,14H,2,5-6,8H2,1H3,(H,16,17). The maximum Gasteiger partial charge on any atom is 0.305 e. The van der Waals surface area contributed by atoms with E-state index in [4.69, 9.17) is 9.84 Å². The van der Waals surface area contributed by atoms with Gasteiger partial charge < -0.3 is 15.2 Å². The molecule has 20 heavy (non-hydrogen) atoms. The zero-order valence-electron chi connectivity index (χ0n) is 11.1. The van der Waals surface area contributed by atoms with E-state index in [1.165, 1.54) is 13.2 Å². The first kappa shape index (κ1) is 14.1. The third-order valence-corrected chi connectivity index (χ3v) is 3.60. The summed E-state index contributed by atoms with van der Waals surface area (Å²) in [6.07, 6.45) is 2.27. The van der Waals surface area contributed by atoms with Crippen LogP contribution in [0.4, 0.5) is 11.4 Å². The summed E-state index contributed by atoms with van der Waals surface area (Å²) in [6.45, 7) is 0. The molecular formula is C13H16N2O5. The highest BCUT2D eigenvalue weighted by Gasteiger charge is 2.40. The van der Waals surface area contributed by atoms with Gasteiger partial charge in [-0.05, 0) is 31.4 Å². The molecule has 0 aromatic heterocycles. The van der Waals surface area contributed by atoms with Crippen molar-refractivity contribution in [2.24, 2.45) is 0 Å². The number of nitro benzene ring substituents is 1. The van der Waals surface area contributed by atoms with Gasteiger partial charge in [-0.1, -0.05) is 0 Å². The smallest absolute Gasteiger partial charge is 0.305 e. The van der Waals surface area contributed by atoms with E-state index in [1.807, 2.05) is 0 Å². The van der Waals surface area contributed by atoms with Gasteiger partial charge in [-0.25, -0.2) is 0 Å². The van der Waals surface area contributed by atoms with Crippen molar-refractivity contribution < 1.29 is 19.6 Å². The second-order valence-electron chi connectivity index (χ2n) is 4.97. The number of carbonyl (C=O) groups is 1. The van der Waals surface area contributed by atoms with Crippen molar-refractivity contribution >= 4 is 17.3 Å². The largest absolute Gasteiger partial charge is 0.496 e. The Morgan fingerprint density at radius 2 is 2.25 bits per heavy atom. The second kappa shape index (κ2) is 5.36. The van der Waals surface area contributed by atoms with Crippen LogP contribution in [0.3, 0.4) is 0 Å². The van der Waals surface area contributed by atoms with Crippen molar-refractivity contribution in [2.45, 2.75) is 31.2 Å². The number of carboxylic acids is 1. The molecule has 1 aliphatic carbocycles. The molecule has 108 valence electrons. The van der Waals surface area contributed by atoms with Crippen LogP contribution >= 0.6 is 0 Å².